The van der Waals surface area contributed by atoms with Crippen LogP contribution in [0, 0.1) is 0 Å². The minimum absolute atomic E-state index is 0.486. The van der Waals surface area contributed by atoms with Crippen LogP contribution < -0.4 is 4.90 Å². The minimum atomic E-state index is 0.486. The lowest BCUT2D eigenvalue weighted by Crippen LogP contribution is -2.36. The summed E-state index contributed by atoms with van der Waals surface area (Å²) in [5.41, 5.74) is 4.47. The van der Waals surface area contributed by atoms with Gasteiger partial charge in [0.15, 0.2) is 0 Å². The van der Waals surface area contributed by atoms with Crippen molar-refractivity contribution in [2.24, 2.45) is 0 Å². The number of rotatable bonds is 3. The second kappa shape index (κ2) is 6.33. The van der Waals surface area contributed by atoms with Crippen molar-refractivity contribution in [3.05, 3.63) is 71.1 Å². The summed E-state index contributed by atoms with van der Waals surface area (Å²) in [6, 6.07) is 16.7. The highest BCUT2D eigenvalue weighted by molar-refractivity contribution is 6.33. The van der Waals surface area contributed by atoms with Crippen LogP contribution in [0.15, 0.2) is 59.2 Å². The summed E-state index contributed by atoms with van der Waals surface area (Å²) in [6.45, 7) is 3.01. The molecule has 0 radical (unpaired) electrons. The van der Waals surface area contributed by atoms with E-state index in [0.717, 1.165) is 30.6 Å². The van der Waals surface area contributed by atoms with Gasteiger partial charge in [0.2, 0.25) is 5.89 Å². The molecular weight excluding hydrogens is 320 g/mol. The molecule has 2 aromatic carbocycles. The fourth-order valence-corrected chi connectivity index (χ4v) is 3.53. The first-order valence-corrected chi connectivity index (χ1v) is 8.64. The molecule has 4 heteroatoms. The van der Waals surface area contributed by atoms with Gasteiger partial charge in [0.1, 0.15) is 6.26 Å². The average Bonchev–Trinajstić information content (AvgIpc) is 3.06. The van der Waals surface area contributed by atoms with Gasteiger partial charge >= 0.3 is 0 Å². The van der Waals surface area contributed by atoms with E-state index in [1.54, 1.807) is 6.26 Å². The number of nitrogens with zero attached hydrogens (tertiary/aromatic N) is 2. The third kappa shape index (κ3) is 2.80. The molecule has 1 aromatic heterocycles. The number of anilines is 1. The second-order valence-corrected chi connectivity index (χ2v) is 6.68. The Balaban J connectivity index is 1.62. The molecule has 0 spiro atoms. The molecule has 0 N–H and O–H groups in total. The molecule has 24 heavy (non-hydrogen) atoms. The number of hydrogen-bond acceptors (Lipinski definition) is 3. The number of oxazole rings is 1. The van der Waals surface area contributed by atoms with Gasteiger partial charge in [0, 0.05) is 11.7 Å². The van der Waals surface area contributed by atoms with Gasteiger partial charge < -0.3 is 9.32 Å². The van der Waals surface area contributed by atoms with Crippen molar-refractivity contribution in [2.45, 2.75) is 32.4 Å². The zero-order valence-electron chi connectivity index (χ0n) is 13.6. The predicted molar refractivity (Wildman–Crippen MR) is 97.4 cm³/mol. The van der Waals surface area contributed by atoms with Gasteiger partial charge in [-0.1, -0.05) is 41.9 Å². The Bertz CT molecular complexity index is 858. The Morgan fingerprint density at radius 1 is 1.17 bits per heavy atom. The molecule has 3 aromatic rings. The highest BCUT2D eigenvalue weighted by Crippen LogP contribution is 2.32. The Kier molecular flexibility index (Phi) is 4.03. The Hall–Kier alpha value is -2.26. The molecule has 122 valence electrons. The van der Waals surface area contributed by atoms with Gasteiger partial charge in [-0.2, -0.15) is 0 Å². The number of halogens is 1. The van der Waals surface area contributed by atoms with Crippen molar-refractivity contribution < 1.29 is 4.42 Å². The zero-order chi connectivity index (χ0) is 16.5. The van der Waals surface area contributed by atoms with Crippen LogP contribution in [-0.2, 0) is 13.0 Å². The van der Waals surface area contributed by atoms with Gasteiger partial charge in [-0.3, -0.25) is 0 Å². The molecule has 1 atom stereocenters. The molecule has 0 saturated heterocycles. The van der Waals surface area contributed by atoms with E-state index < -0.39 is 0 Å². The quantitative estimate of drug-likeness (QED) is 0.645. The van der Waals surface area contributed by atoms with Crippen LogP contribution in [0.2, 0.25) is 5.02 Å². The van der Waals surface area contributed by atoms with E-state index in [-0.39, 0.29) is 0 Å². The Morgan fingerprint density at radius 3 is 2.83 bits per heavy atom. The first kappa shape index (κ1) is 15.3. The molecule has 0 saturated carbocycles. The van der Waals surface area contributed by atoms with E-state index in [9.17, 15) is 0 Å². The molecule has 0 bridgehead atoms. The maximum absolute atomic E-state index is 6.24. The van der Waals surface area contributed by atoms with Crippen LogP contribution in [0.1, 0.15) is 24.6 Å². The van der Waals surface area contributed by atoms with Crippen LogP contribution in [0.3, 0.4) is 0 Å². The van der Waals surface area contributed by atoms with E-state index in [2.05, 4.69) is 41.1 Å². The van der Waals surface area contributed by atoms with E-state index in [4.69, 9.17) is 16.0 Å². The van der Waals surface area contributed by atoms with Crippen molar-refractivity contribution in [3.63, 3.8) is 0 Å². The monoisotopic (exact) mass is 338 g/mol. The lowest BCUT2D eigenvalue weighted by Gasteiger charge is -2.36. The highest BCUT2D eigenvalue weighted by atomic mass is 35.5. The molecular formula is C20H19ClN2O. The molecule has 2 heterocycles. The van der Waals surface area contributed by atoms with Crippen LogP contribution in [0.25, 0.3) is 11.5 Å². The normalized spacial score (nSPS) is 16.9. The lowest BCUT2D eigenvalue weighted by atomic mass is 9.96. The molecule has 0 fully saturated rings. The predicted octanol–water partition coefficient (Wildman–Crippen LogP) is 5.34. The summed E-state index contributed by atoms with van der Waals surface area (Å²) in [5, 5.41) is 0.655. The van der Waals surface area contributed by atoms with Gasteiger partial charge in [-0.15, -0.1) is 0 Å². The number of aromatic nitrogens is 1. The zero-order valence-corrected chi connectivity index (χ0v) is 14.3. The molecule has 0 aliphatic carbocycles. The molecule has 1 aliphatic rings. The standard InChI is InChI=1S/C20H19ClN2O/c1-14-10-11-15-6-2-5-9-19(15)23(14)12-16-13-24-20(22-16)17-7-3-4-8-18(17)21/h2-9,13-14H,10-12H2,1H3. The minimum Gasteiger partial charge on any atom is -0.444 e. The second-order valence-electron chi connectivity index (χ2n) is 6.27. The average molecular weight is 339 g/mol. The summed E-state index contributed by atoms with van der Waals surface area (Å²) >= 11 is 6.24. The summed E-state index contributed by atoms with van der Waals surface area (Å²) in [6.07, 6.45) is 4.03. The lowest BCUT2D eigenvalue weighted by molar-refractivity contribution is 0.550. The van der Waals surface area contributed by atoms with Crippen molar-refractivity contribution in [1.29, 1.82) is 0 Å². The van der Waals surface area contributed by atoms with Crippen LogP contribution >= 0.6 is 11.6 Å². The van der Waals surface area contributed by atoms with Crippen molar-refractivity contribution in [2.75, 3.05) is 4.90 Å². The maximum Gasteiger partial charge on any atom is 0.227 e. The first-order chi connectivity index (χ1) is 11.7. The summed E-state index contributed by atoms with van der Waals surface area (Å²) in [4.78, 5) is 7.06. The van der Waals surface area contributed by atoms with E-state index in [1.165, 1.54) is 11.3 Å². The van der Waals surface area contributed by atoms with E-state index in [0.29, 0.717) is 17.0 Å². The molecule has 4 rings (SSSR count). The topological polar surface area (TPSA) is 29.3 Å². The molecule has 3 nitrogen and oxygen atoms in total. The van der Waals surface area contributed by atoms with Gasteiger partial charge in [-0.05, 0) is 43.5 Å². The maximum atomic E-state index is 6.24. The number of hydrogen-bond donors (Lipinski definition) is 0. The van der Waals surface area contributed by atoms with Gasteiger partial charge in [-0.25, -0.2) is 4.98 Å². The fraction of sp³-hybridized carbons (Fsp3) is 0.250. The number of aryl methyl sites for hydroxylation is 1. The number of benzene rings is 2. The van der Waals surface area contributed by atoms with Crippen molar-refractivity contribution in [1.82, 2.24) is 4.98 Å². The van der Waals surface area contributed by atoms with Crippen LogP contribution in [0.4, 0.5) is 5.69 Å². The number of fused-ring (bicyclic) bond motifs is 1. The third-order valence-electron chi connectivity index (χ3n) is 4.65. The first-order valence-electron chi connectivity index (χ1n) is 8.26. The van der Waals surface area contributed by atoms with Crippen LogP contribution in [0.5, 0.6) is 0 Å². The molecule has 1 aliphatic heterocycles. The van der Waals surface area contributed by atoms with Crippen molar-refractivity contribution >= 4 is 17.3 Å². The smallest absolute Gasteiger partial charge is 0.227 e. The van der Waals surface area contributed by atoms with E-state index >= 15 is 0 Å². The summed E-state index contributed by atoms with van der Waals surface area (Å²) in [5.74, 6) is 0.577. The fourth-order valence-electron chi connectivity index (χ4n) is 3.31. The SMILES string of the molecule is CC1CCc2ccccc2N1Cc1coc(-c2ccccc2Cl)n1. The van der Waals surface area contributed by atoms with Gasteiger partial charge in [0.25, 0.3) is 0 Å². The van der Waals surface area contributed by atoms with Gasteiger partial charge in [0.05, 0.1) is 22.8 Å². The van der Waals surface area contributed by atoms with Crippen LogP contribution in [-0.4, -0.2) is 11.0 Å². The third-order valence-corrected chi connectivity index (χ3v) is 4.98. The summed E-state index contributed by atoms with van der Waals surface area (Å²) in [7, 11) is 0. The highest BCUT2D eigenvalue weighted by Gasteiger charge is 2.23. The number of para-hydroxylation sites is 1. The summed E-state index contributed by atoms with van der Waals surface area (Å²) < 4.78 is 5.67. The molecule has 0 amide bonds. The Morgan fingerprint density at radius 2 is 1.96 bits per heavy atom. The largest absolute Gasteiger partial charge is 0.444 e. The van der Waals surface area contributed by atoms with E-state index in [1.807, 2.05) is 24.3 Å². The van der Waals surface area contributed by atoms with Crippen molar-refractivity contribution in [3.8, 4) is 11.5 Å². The Labute approximate surface area is 146 Å². The molecule has 1 unspecified atom stereocenters.